The lowest BCUT2D eigenvalue weighted by molar-refractivity contribution is 0.0670. The van der Waals surface area contributed by atoms with Crippen LogP contribution in [0.4, 0.5) is 4.39 Å². The van der Waals surface area contributed by atoms with Gasteiger partial charge in [-0.15, -0.1) is 0 Å². The van der Waals surface area contributed by atoms with E-state index in [0.717, 1.165) is 25.9 Å². The third kappa shape index (κ3) is 2.81. The molecule has 1 saturated heterocycles. The van der Waals surface area contributed by atoms with Crippen LogP contribution >= 0.6 is 0 Å². The summed E-state index contributed by atoms with van der Waals surface area (Å²) >= 11 is 0. The van der Waals surface area contributed by atoms with Crippen molar-refractivity contribution >= 4 is 5.91 Å². The highest BCUT2D eigenvalue weighted by Crippen LogP contribution is 2.20. The van der Waals surface area contributed by atoms with Crippen LogP contribution in [0.25, 0.3) is 0 Å². The molecule has 1 atom stereocenters. The zero-order chi connectivity index (χ0) is 12.3. The average Bonchev–Trinajstić information content (AvgIpc) is 2.39. The van der Waals surface area contributed by atoms with Gasteiger partial charge >= 0.3 is 0 Å². The summed E-state index contributed by atoms with van der Waals surface area (Å²) in [7, 11) is 0. The summed E-state index contributed by atoms with van der Waals surface area (Å²) in [5.74, 6) is 0.0170. The van der Waals surface area contributed by atoms with Crippen molar-refractivity contribution in [3.05, 3.63) is 29.8 Å². The van der Waals surface area contributed by atoms with Crippen molar-refractivity contribution in [3.8, 4) is 0 Å². The normalized spacial score (nSPS) is 20.4. The zero-order valence-electron chi connectivity index (χ0n) is 10.0. The summed E-state index contributed by atoms with van der Waals surface area (Å²) in [4.78, 5) is 17.5. The van der Waals surface area contributed by atoms with E-state index in [1.165, 1.54) is 24.8 Å². The molecule has 2 rings (SSSR count). The minimum Gasteiger partial charge on any atom is -0.338 e. The summed E-state index contributed by atoms with van der Waals surface area (Å²) in [6.45, 7) is 3.76. The Morgan fingerprint density at radius 1 is 1.59 bits per heavy atom. The number of amides is 1. The second-order valence-electron chi connectivity index (χ2n) is 4.54. The Hall–Kier alpha value is -1.45. The fraction of sp³-hybridized carbons (Fsp3) is 0.538. The van der Waals surface area contributed by atoms with E-state index in [1.807, 2.05) is 4.90 Å². The molecule has 1 amide bonds. The van der Waals surface area contributed by atoms with E-state index in [-0.39, 0.29) is 5.91 Å². The first kappa shape index (κ1) is 12.0. The molecular formula is C13H17FN2O. The van der Waals surface area contributed by atoms with E-state index in [4.69, 9.17) is 0 Å². The Kier molecular flexibility index (Phi) is 3.71. The number of rotatable bonds is 2. The van der Waals surface area contributed by atoms with E-state index >= 15 is 0 Å². The van der Waals surface area contributed by atoms with E-state index < -0.39 is 5.95 Å². The molecule has 1 unspecified atom stereocenters. The SMILES string of the molecule is CCC1CCCN(C(=O)c2ccc(F)nc2)C1. The lowest BCUT2D eigenvalue weighted by atomic mass is 9.95. The molecule has 1 fully saturated rings. The Labute approximate surface area is 101 Å². The summed E-state index contributed by atoms with van der Waals surface area (Å²) in [5.41, 5.74) is 0.475. The molecule has 17 heavy (non-hydrogen) atoms. The van der Waals surface area contributed by atoms with Gasteiger partial charge in [0.05, 0.1) is 5.56 Å². The first-order valence-corrected chi connectivity index (χ1v) is 6.11. The van der Waals surface area contributed by atoms with Crippen LogP contribution in [-0.4, -0.2) is 28.9 Å². The molecule has 3 nitrogen and oxygen atoms in total. The number of carbonyl (C=O) groups is 1. The number of piperidine rings is 1. The maximum atomic E-state index is 12.7. The van der Waals surface area contributed by atoms with Crippen molar-refractivity contribution in [1.29, 1.82) is 0 Å². The van der Waals surface area contributed by atoms with Gasteiger partial charge in [0.1, 0.15) is 0 Å². The maximum Gasteiger partial charge on any atom is 0.255 e. The van der Waals surface area contributed by atoms with Gasteiger partial charge in [-0.1, -0.05) is 13.3 Å². The quantitative estimate of drug-likeness (QED) is 0.739. The van der Waals surface area contributed by atoms with E-state index in [9.17, 15) is 9.18 Å². The van der Waals surface area contributed by atoms with Crippen LogP contribution in [0.15, 0.2) is 18.3 Å². The summed E-state index contributed by atoms with van der Waals surface area (Å²) in [6, 6.07) is 2.73. The van der Waals surface area contributed by atoms with Gasteiger partial charge in [-0.2, -0.15) is 4.39 Å². The van der Waals surface area contributed by atoms with Crippen LogP contribution in [0.2, 0.25) is 0 Å². The second-order valence-corrected chi connectivity index (χ2v) is 4.54. The molecule has 1 aromatic heterocycles. The van der Waals surface area contributed by atoms with E-state index in [2.05, 4.69) is 11.9 Å². The lowest BCUT2D eigenvalue weighted by Crippen LogP contribution is -2.39. The average molecular weight is 236 g/mol. The number of pyridine rings is 1. The number of nitrogens with zero attached hydrogens (tertiary/aromatic N) is 2. The van der Waals surface area contributed by atoms with Crippen molar-refractivity contribution in [1.82, 2.24) is 9.88 Å². The Morgan fingerprint density at radius 2 is 2.41 bits per heavy atom. The van der Waals surface area contributed by atoms with E-state index in [1.54, 1.807) is 0 Å². The fourth-order valence-electron chi connectivity index (χ4n) is 2.27. The maximum absolute atomic E-state index is 12.7. The Bertz CT molecular complexity index is 391. The van der Waals surface area contributed by atoms with Crippen LogP contribution in [0.1, 0.15) is 36.5 Å². The molecule has 0 bridgehead atoms. The number of hydrogen-bond donors (Lipinski definition) is 0. The predicted octanol–water partition coefficient (Wildman–Crippen LogP) is 2.48. The third-order valence-electron chi connectivity index (χ3n) is 3.36. The van der Waals surface area contributed by atoms with Gasteiger partial charge in [-0.25, -0.2) is 4.98 Å². The van der Waals surface area contributed by atoms with Crippen molar-refractivity contribution in [2.75, 3.05) is 13.1 Å². The molecule has 92 valence electrons. The van der Waals surface area contributed by atoms with Gasteiger partial charge < -0.3 is 4.90 Å². The van der Waals surface area contributed by atoms with Gasteiger partial charge in [0.2, 0.25) is 5.95 Å². The summed E-state index contributed by atoms with van der Waals surface area (Å²) < 4.78 is 12.7. The van der Waals surface area contributed by atoms with Gasteiger partial charge in [0, 0.05) is 19.3 Å². The van der Waals surface area contributed by atoms with Crippen LogP contribution in [-0.2, 0) is 0 Å². The molecule has 1 aromatic rings. The largest absolute Gasteiger partial charge is 0.338 e. The Morgan fingerprint density at radius 3 is 3.06 bits per heavy atom. The molecule has 0 radical (unpaired) electrons. The predicted molar refractivity (Wildman–Crippen MR) is 63.1 cm³/mol. The fourth-order valence-corrected chi connectivity index (χ4v) is 2.27. The van der Waals surface area contributed by atoms with Crippen LogP contribution in [0.5, 0.6) is 0 Å². The Balaban J connectivity index is 2.06. The molecule has 1 aliphatic rings. The van der Waals surface area contributed by atoms with Gasteiger partial charge in [-0.05, 0) is 30.9 Å². The minimum absolute atomic E-state index is 0.0318. The first-order chi connectivity index (χ1) is 8.20. The lowest BCUT2D eigenvalue weighted by Gasteiger charge is -2.32. The first-order valence-electron chi connectivity index (χ1n) is 6.11. The van der Waals surface area contributed by atoms with Crippen molar-refractivity contribution in [3.63, 3.8) is 0 Å². The van der Waals surface area contributed by atoms with Crippen LogP contribution < -0.4 is 0 Å². The molecule has 0 spiro atoms. The number of hydrogen-bond acceptors (Lipinski definition) is 2. The molecule has 0 N–H and O–H groups in total. The van der Waals surface area contributed by atoms with Crippen LogP contribution in [0.3, 0.4) is 0 Å². The highest BCUT2D eigenvalue weighted by Gasteiger charge is 2.23. The minimum atomic E-state index is -0.549. The summed E-state index contributed by atoms with van der Waals surface area (Å²) in [6.07, 6.45) is 4.67. The smallest absolute Gasteiger partial charge is 0.255 e. The third-order valence-corrected chi connectivity index (χ3v) is 3.36. The van der Waals surface area contributed by atoms with Gasteiger partial charge in [-0.3, -0.25) is 4.79 Å². The topological polar surface area (TPSA) is 33.2 Å². The molecule has 0 aromatic carbocycles. The highest BCUT2D eigenvalue weighted by molar-refractivity contribution is 5.93. The monoisotopic (exact) mass is 236 g/mol. The van der Waals surface area contributed by atoms with Crippen molar-refractivity contribution in [2.24, 2.45) is 5.92 Å². The molecule has 0 saturated carbocycles. The number of carbonyl (C=O) groups excluding carboxylic acids is 1. The van der Waals surface area contributed by atoms with Crippen LogP contribution in [0, 0.1) is 11.9 Å². The number of likely N-dealkylation sites (tertiary alicyclic amines) is 1. The van der Waals surface area contributed by atoms with Gasteiger partial charge in [0.25, 0.3) is 5.91 Å². The highest BCUT2D eigenvalue weighted by atomic mass is 19.1. The number of halogens is 1. The van der Waals surface area contributed by atoms with Crippen molar-refractivity contribution < 1.29 is 9.18 Å². The molecule has 1 aliphatic heterocycles. The molecule has 2 heterocycles. The second kappa shape index (κ2) is 5.25. The summed E-state index contributed by atoms with van der Waals surface area (Å²) in [5, 5.41) is 0. The molecule has 0 aliphatic carbocycles. The van der Waals surface area contributed by atoms with Crippen molar-refractivity contribution in [2.45, 2.75) is 26.2 Å². The molecule has 4 heteroatoms. The van der Waals surface area contributed by atoms with E-state index in [0.29, 0.717) is 11.5 Å². The molecular weight excluding hydrogens is 219 g/mol. The number of aromatic nitrogens is 1. The van der Waals surface area contributed by atoms with Gasteiger partial charge in [0.15, 0.2) is 0 Å². The standard InChI is InChI=1S/C13H17FN2O/c1-2-10-4-3-7-16(9-10)13(17)11-5-6-12(14)15-8-11/h5-6,8,10H,2-4,7,9H2,1H3. The zero-order valence-corrected chi connectivity index (χ0v) is 10.0.